The predicted octanol–water partition coefficient (Wildman–Crippen LogP) is 3.17. The molecule has 3 rings (SSSR count). The zero-order chi connectivity index (χ0) is 11.3. The molecule has 2 unspecified atom stereocenters. The molecule has 1 heterocycles. The Labute approximate surface area is 101 Å². The molecular weight excluding hydrogens is 216 g/mol. The van der Waals surface area contributed by atoms with Crippen molar-refractivity contribution < 1.29 is 0 Å². The number of rotatable bonds is 1. The molecule has 2 aliphatic carbocycles. The van der Waals surface area contributed by atoms with Crippen molar-refractivity contribution in [2.24, 2.45) is 11.7 Å². The van der Waals surface area contributed by atoms with Crippen molar-refractivity contribution in [3.8, 4) is 0 Å². The summed E-state index contributed by atoms with van der Waals surface area (Å²) >= 11 is 1.89. The van der Waals surface area contributed by atoms with Gasteiger partial charge in [0.25, 0.3) is 0 Å². The van der Waals surface area contributed by atoms with E-state index in [2.05, 4.69) is 13.8 Å². The van der Waals surface area contributed by atoms with Crippen molar-refractivity contribution >= 4 is 11.3 Å². The number of hydrogen-bond donors (Lipinski definition) is 1. The summed E-state index contributed by atoms with van der Waals surface area (Å²) in [6, 6.07) is 0. The van der Waals surface area contributed by atoms with E-state index in [4.69, 9.17) is 10.7 Å². The molecule has 1 aromatic heterocycles. The van der Waals surface area contributed by atoms with E-state index in [1.165, 1.54) is 28.4 Å². The first-order chi connectivity index (χ1) is 7.58. The molecule has 3 heteroatoms. The molecule has 16 heavy (non-hydrogen) atoms. The third kappa shape index (κ3) is 1.52. The first kappa shape index (κ1) is 10.7. The summed E-state index contributed by atoms with van der Waals surface area (Å²) in [6.07, 6.45) is 6.00. The topological polar surface area (TPSA) is 38.9 Å². The quantitative estimate of drug-likeness (QED) is 0.813. The van der Waals surface area contributed by atoms with Gasteiger partial charge < -0.3 is 5.73 Å². The molecule has 0 spiro atoms. The maximum absolute atomic E-state index is 6.36. The van der Waals surface area contributed by atoms with Crippen molar-refractivity contribution in [3.05, 3.63) is 15.6 Å². The van der Waals surface area contributed by atoms with Gasteiger partial charge in [0.2, 0.25) is 0 Å². The summed E-state index contributed by atoms with van der Waals surface area (Å²) in [5.41, 5.74) is 7.65. The van der Waals surface area contributed by atoms with Crippen molar-refractivity contribution in [1.29, 1.82) is 0 Å². The van der Waals surface area contributed by atoms with Crippen molar-refractivity contribution in [2.75, 3.05) is 0 Å². The molecule has 2 aliphatic rings. The second kappa shape index (κ2) is 3.54. The zero-order valence-electron chi connectivity index (χ0n) is 10.1. The van der Waals surface area contributed by atoms with Gasteiger partial charge in [0.1, 0.15) is 5.01 Å². The van der Waals surface area contributed by atoms with Crippen LogP contribution in [0.1, 0.15) is 61.0 Å². The molecule has 0 aromatic carbocycles. The minimum atomic E-state index is -0.0645. The van der Waals surface area contributed by atoms with E-state index in [9.17, 15) is 0 Å². The second-order valence-electron chi connectivity index (χ2n) is 5.79. The molecule has 0 amide bonds. The lowest BCUT2D eigenvalue weighted by molar-refractivity contribution is 0.252. The highest BCUT2D eigenvalue weighted by Crippen LogP contribution is 2.45. The highest BCUT2D eigenvalue weighted by atomic mass is 32.1. The van der Waals surface area contributed by atoms with Gasteiger partial charge in [-0.15, -0.1) is 11.3 Å². The number of fused-ring (bicyclic) bond motifs is 1. The number of nitrogens with zero attached hydrogens (tertiary/aromatic N) is 1. The van der Waals surface area contributed by atoms with Crippen molar-refractivity contribution in [3.63, 3.8) is 0 Å². The van der Waals surface area contributed by atoms with Gasteiger partial charge in [-0.2, -0.15) is 0 Å². The van der Waals surface area contributed by atoms with E-state index in [1.807, 2.05) is 11.3 Å². The highest BCUT2D eigenvalue weighted by molar-refractivity contribution is 7.12. The maximum Gasteiger partial charge on any atom is 0.113 e. The van der Waals surface area contributed by atoms with Crippen LogP contribution in [-0.2, 0) is 12.0 Å². The minimum absolute atomic E-state index is 0.0645. The first-order valence-electron chi connectivity index (χ1n) is 6.37. The van der Waals surface area contributed by atoms with Gasteiger partial charge in [-0.1, -0.05) is 13.8 Å². The van der Waals surface area contributed by atoms with Gasteiger partial charge in [0.15, 0.2) is 0 Å². The van der Waals surface area contributed by atoms with E-state index >= 15 is 0 Å². The van der Waals surface area contributed by atoms with Gasteiger partial charge >= 0.3 is 0 Å². The summed E-state index contributed by atoms with van der Waals surface area (Å²) in [5, 5.41) is 1.21. The van der Waals surface area contributed by atoms with Crippen LogP contribution in [0.3, 0.4) is 0 Å². The lowest BCUT2D eigenvalue weighted by Gasteiger charge is -2.35. The van der Waals surface area contributed by atoms with Gasteiger partial charge in [-0.3, -0.25) is 0 Å². The van der Waals surface area contributed by atoms with Gasteiger partial charge in [0.05, 0.1) is 11.2 Å². The molecule has 0 aliphatic heterocycles. The van der Waals surface area contributed by atoms with E-state index < -0.39 is 0 Å². The molecule has 2 nitrogen and oxygen atoms in total. The van der Waals surface area contributed by atoms with Crippen LogP contribution in [-0.4, -0.2) is 4.98 Å². The molecule has 2 atom stereocenters. The monoisotopic (exact) mass is 236 g/mol. The Bertz CT molecular complexity index is 406. The SMILES string of the molecule is CC1Cc2nc(C3(N)CCC3)sc2C(C)C1. The van der Waals surface area contributed by atoms with E-state index in [-0.39, 0.29) is 5.54 Å². The standard InChI is InChI=1S/C13H20N2S/c1-8-6-9(2)11-10(7-8)15-12(16-11)13(14)4-3-5-13/h8-9H,3-7,14H2,1-2H3. The Morgan fingerprint density at radius 1 is 1.38 bits per heavy atom. The van der Waals surface area contributed by atoms with Gasteiger partial charge in [-0.25, -0.2) is 4.98 Å². The number of nitrogens with two attached hydrogens (primary N) is 1. The summed E-state index contributed by atoms with van der Waals surface area (Å²) in [5.74, 6) is 1.47. The normalized spacial score (nSPS) is 31.9. The van der Waals surface area contributed by atoms with Crippen LogP contribution in [0.15, 0.2) is 0 Å². The molecular formula is C13H20N2S. The minimum Gasteiger partial charge on any atom is -0.319 e. The maximum atomic E-state index is 6.36. The van der Waals surface area contributed by atoms with E-state index in [0.29, 0.717) is 5.92 Å². The van der Waals surface area contributed by atoms with Crippen molar-refractivity contribution in [2.45, 2.75) is 57.4 Å². The highest BCUT2D eigenvalue weighted by Gasteiger charge is 2.39. The molecule has 2 N–H and O–H groups in total. The molecule has 1 saturated carbocycles. The second-order valence-corrected chi connectivity index (χ2v) is 6.82. The molecule has 0 saturated heterocycles. The van der Waals surface area contributed by atoms with Crippen LogP contribution in [0.2, 0.25) is 0 Å². The third-order valence-corrected chi connectivity index (χ3v) is 5.69. The van der Waals surface area contributed by atoms with E-state index in [0.717, 1.165) is 25.2 Å². The summed E-state index contributed by atoms with van der Waals surface area (Å²) in [7, 11) is 0. The molecule has 88 valence electrons. The Morgan fingerprint density at radius 3 is 2.75 bits per heavy atom. The fourth-order valence-corrected chi connectivity index (χ4v) is 4.32. The lowest BCUT2D eigenvalue weighted by Crippen LogP contribution is -2.43. The Hall–Kier alpha value is -0.410. The Morgan fingerprint density at radius 2 is 2.12 bits per heavy atom. The Balaban J connectivity index is 1.96. The number of thiazole rings is 1. The van der Waals surface area contributed by atoms with Crippen LogP contribution in [0.4, 0.5) is 0 Å². The van der Waals surface area contributed by atoms with Crippen LogP contribution >= 0.6 is 11.3 Å². The molecule has 0 radical (unpaired) electrons. The van der Waals surface area contributed by atoms with Crippen molar-refractivity contribution in [1.82, 2.24) is 4.98 Å². The number of hydrogen-bond acceptors (Lipinski definition) is 3. The largest absolute Gasteiger partial charge is 0.319 e. The summed E-state index contributed by atoms with van der Waals surface area (Å²) in [4.78, 5) is 6.36. The first-order valence-corrected chi connectivity index (χ1v) is 7.19. The Kier molecular flexibility index (Phi) is 2.37. The molecule has 1 aromatic rings. The molecule has 1 fully saturated rings. The van der Waals surface area contributed by atoms with Gasteiger partial charge in [0, 0.05) is 4.88 Å². The predicted molar refractivity (Wildman–Crippen MR) is 67.7 cm³/mol. The van der Waals surface area contributed by atoms with E-state index in [1.54, 1.807) is 0 Å². The summed E-state index contributed by atoms with van der Waals surface area (Å²) < 4.78 is 0. The molecule has 0 bridgehead atoms. The zero-order valence-corrected chi connectivity index (χ0v) is 10.9. The van der Waals surface area contributed by atoms with Crippen LogP contribution < -0.4 is 5.73 Å². The lowest BCUT2D eigenvalue weighted by atomic mass is 9.78. The fourth-order valence-electron chi connectivity index (χ4n) is 3.00. The average Bonchev–Trinajstić information content (AvgIpc) is 2.58. The van der Waals surface area contributed by atoms with Gasteiger partial charge in [-0.05, 0) is 43.9 Å². The van der Waals surface area contributed by atoms with Crippen LogP contribution in [0, 0.1) is 5.92 Å². The average molecular weight is 236 g/mol. The fraction of sp³-hybridized carbons (Fsp3) is 0.769. The number of aromatic nitrogens is 1. The summed E-state index contributed by atoms with van der Waals surface area (Å²) in [6.45, 7) is 4.67. The third-order valence-electron chi connectivity index (χ3n) is 4.14. The van der Waals surface area contributed by atoms with Crippen LogP contribution in [0.25, 0.3) is 0 Å². The van der Waals surface area contributed by atoms with Crippen LogP contribution in [0.5, 0.6) is 0 Å². The smallest absolute Gasteiger partial charge is 0.113 e.